The zero-order valence-corrected chi connectivity index (χ0v) is 26.1. The minimum atomic E-state index is -0.513. The molecule has 0 unspecified atom stereocenters. The van der Waals surface area contributed by atoms with Crippen molar-refractivity contribution in [2.75, 3.05) is 11.1 Å². The van der Waals surface area contributed by atoms with Crippen LogP contribution < -0.4 is 10.6 Å². The van der Waals surface area contributed by atoms with Gasteiger partial charge in [-0.05, 0) is 59.7 Å². The summed E-state index contributed by atoms with van der Waals surface area (Å²) in [7, 11) is 0. The van der Waals surface area contributed by atoms with Crippen molar-refractivity contribution in [2.45, 2.75) is 4.90 Å². The Hall–Kier alpha value is -5.92. The third-order valence-corrected chi connectivity index (χ3v) is 8.31. The highest BCUT2D eigenvalue weighted by molar-refractivity contribution is 8.00. The summed E-state index contributed by atoms with van der Waals surface area (Å²) in [6.07, 6.45) is 1.50. The third-order valence-electron chi connectivity index (χ3n) is 7.30. The molecule has 2 amide bonds. The van der Waals surface area contributed by atoms with E-state index >= 15 is 0 Å². The molecule has 0 atom stereocenters. The number of nitrogens with one attached hydrogen (secondary N) is 2. The minimum absolute atomic E-state index is 0.0233. The Kier molecular flexibility index (Phi) is 9.86. The van der Waals surface area contributed by atoms with E-state index in [9.17, 15) is 14.4 Å². The lowest BCUT2D eigenvalue weighted by Gasteiger charge is -2.11. The number of carbonyl (C=O) groups excluding carboxylic acids is 3. The molecule has 0 saturated carbocycles. The summed E-state index contributed by atoms with van der Waals surface area (Å²) in [6.45, 7) is 0. The molecule has 0 aliphatic rings. The van der Waals surface area contributed by atoms with E-state index in [1.54, 1.807) is 42.5 Å². The van der Waals surface area contributed by atoms with Gasteiger partial charge < -0.3 is 15.1 Å². The second kappa shape index (κ2) is 14.9. The average Bonchev–Trinajstić information content (AvgIpc) is 3.60. The predicted molar refractivity (Wildman–Crippen MR) is 188 cm³/mol. The van der Waals surface area contributed by atoms with Crippen molar-refractivity contribution in [1.29, 1.82) is 0 Å². The first-order chi connectivity index (χ1) is 23.0. The van der Waals surface area contributed by atoms with Crippen LogP contribution >= 0.6 is 11.8 Å². The average molecular weight is 635 g/mol. The molecule has 6 rings (SSSR count). The molecule has 0 bridgehead atoms. The lowest BCUT2D eigenvalue weighted by atomic mass is 10.0. The van der Waals surface area contributed by atoms with E-state index in [4.69, 9.17) is 4.42 Å². The molecule has 0 aliphatic carbocycles. The monoisotopic (exact) mass is 634 g/mol. The molecule has 1 aromatic heterocycles. The van der Waals surface area contributed by atoms with Gasteiger partial charge in [0.25, 0.3) is 11.8 Å². The molecule has 7 heteroatoms. The van der Waals surface area contributed by atoms with Crippen LogP contribution in [0.2, 0.25) is 0 Å². The number of ketones is 1. The maximum absolute atomic E-state index is 13.4. The van der Waals surface area contributed by atoms with Crippen LogP contribution in [0.5, 0.6) is 0 Å². The summed E-state index contributed by atoms with van der Waals surface area (Å²) >= 11 is 1.42. The van der Waals surface area contributed by atoms with Crippen LogP contribution in [0.15, 0.2) is 167 Å². The maximum Gasteiger partial charge on any atom is 0.272 e. The van der Waals surface area contributed by atoms with Crippen molar-refractivity contribution in [1.82, 2.24) is 5.32 Å². The Morgan fingerprint density at radius 3 is 1.85 bits per heavy atom. The fourth-order valence-electron chi connectivity index (χ4n) is 4.82. The molecule has 0 spiro atoms. The predicted octanol–water partition coefficient (Wildman–Crippen LogP) is 9.00. The highest BCUT2D eigenvalue weighted by Crippen LogP contribution is 2.25. The number of carbonyl (C=O) groups is 3. The van der Waals surface area contributed by atoms with Crippen molar-refractivity contribution in [2.24, 2.45) is 0 Å². The molecular formula is C40H30N2O4S. The molecule has 230 valence electrons. The maximum atomic E-state index is 13.4. The number of anilines is 1. The molecule has 47 heavy (non-hydrogen) atoms. The first kappa shape index (κ1) is 31.1. The molecule has 1 heterocycles. The van der Waals surface area contributed by atoms with E-state index in [0.29, 0.717) is 28.3 Å². The van der Waals surface area contributed by atoms with E-state index in [0.717, 1.165) is 21.6 Å². The molecular weight excluding hydrogens is 605 g/mol. The summed E-state index contributed by atoms with van der Waals surface area (Å²) < 4.78 is 5.97. The first-order valence-corrected chi connectivity index (χ1v) is 16.0. The second-order valence-electron chi connectivity index (χ2n) is 10.6. The van der Waals surface area contributed by atoms with Gasteiger partial charge in [-0.1, -0.05) is 103 Å². The lowest BCUT2D eigenvalue weighted by Crippen LogP contribution is -2.30. The smallest absolute Gasteiger partial charge is 0.272 e. The quantitative estimate of drug-likeness (QED) is 0.0844. The van der Waals surface area contributed by atoms with Gasteiger partial charge in [0.2, 0.25) is 0 Å². The number of amides is 2. The highest BCUT2D eigenvalue weighted by atomic mass is 32.2. The van der Waals surface area contributed by atoms with Crippen LogP contribution in [0.4, 0.5) is 5.69 Å². The number of hydrogen-bond donors (Lipinski definition) is 2. The molecule has 0 fully saturated rings. The van der Waals surface area contributed by atoms with Crippen LogP contribution in [0.3, 0.4) is 0 Å². The Bertz CT molecular complexity index is 2000. The van der Waals surface area contributed by atoms with Crippen molar-refractivity contribution in [3.8, 4) is 22.5 Å². The summed E-state index contributed by atoms with van der Waals surface area (Å²) in [5, 5.41) is 5.59. The Morgan fingerprint density at radius 1 is 0.596 bits per heavy atom. The molecule has 0 aliphatic heterocycles. The number of benzene rings is 5. The van der Waals surface area contributed by atoms with E-state index in [-0.39, 0.29) is 17.2 Å². The molecule has 6 aromatic rings. The zero-order chi connectivity index (χ0) is 32.4. The zero-order valence-electron chi connectivity index (χ0n) is 25.3. The lowest BCUT2D eigenvalue weighted by molar-refractivity contribution is -0.113. The highest BCUT2D eigenvalue weighted by Gasteiger charge is 2.17. The van der Waals surface area contributed by atoms with Gasteiger partial charge in [-0.3, -0.25) is 14.4 Å². The van der Waals surface area contributed by atoms with Crippen molar-refractivity contribution < 1.29 is 18.8 Å². The number of Topliss-reactive ketones (excluding diaryl/α,β-unsaturated/α-hetero) is 1. The Labute approximate surface area is 277 Å². The second-order valence-corrected chi connectivity index (χ2v) is 11.6. The van der Waals surface area contributed by atoms with Crippen molar-refractivity contribution >= 4 is 41.1 Å². The van der Waals surface area contributed by atoms with E-state index in [1.165, 1.54) is 17.8 Å². The number of furan rings is 1. The van der Waals surface area contributed by atoms with Gasteiger partial charge in [-0.25, -0.2) is 0 Å². The molecule has 2 N–H and O–H groups in total. The molecule has 0 saturated heterocycles. The van der Waals surface area contributed by atoms with Gasteiger partial charge >= 0.3 is 0 Å². The Balaban J connectivity index is 1.11. The Morgan fingerprint density at radius 2 is 1.19 bits per heavy atom. The molecule has 6 nitrogen and oxygen atoms in total. The normalized spacial score (nSPS) is 11.1. The van der Waals surface area contributed by atoms with Gasteiger partial charge in [0.1, 0.15) is 17.2 Å². The third kappa shape index (κ3) is 8.22. The summed E-state index contributed by atoms with van der Waals surface area (Å²) in [6, 6.07) is 46.7. The number of rotatable bonds is 11. The van der Waals surface area contributed by atoms with Crippen molar-refractivity contribution in [3.63, 3.8) is 0 Å². The molecule has 0 radical (unpaired) electrons. The number of hydrogen-bond acceptors (Lipinski definition) is 5. The first-order valence-electron chi connectivity index (χ1n) is 15.0. The van der Waals surface area contributed by atoms with Crippen LogP contribution in [0, 0.1) is 0 Å². The fourth-order valence-corrected chi connectivity index (χ4v) is 5.61. The molecule has 5 aromatic carbocycles. The minimum Gasteiger partial charge on any atom is -0.457 e. The summed E-state index contributed by atoms with van der Waals surface area (Å²) in [5.74, 6) is 0.428. The van der Waals surface area contributed by atoms with Crippen LogP contribution in [-0.4, -0.2) is 23.4 Å². The van der Waals surface area contributed by atoms with E-state index < -0.39 is 11.8 Å². The topological polar surface area (TPSA) is 88.4 Å². The van der Waals surface area contributed by atoms with Gasteiger partial charge in [-0.2, -0.15) is 0 Å². The largest absolute Gasteiger partial charge is 0.457 e. The van der Waals surface area contributed by atoms with E-state index in [1.807, 2.05) is 109 Å². The summed E-state index contributed by atoms with van der Waals surface area (Å²) in [4.78, 5) is 40.2. The van der Waals surface area contributed by atoms with Gasteiger partial charge in [0, 0.05) is 33.3 Å². The fraction of sp³-hybridized carbons (Fsp3) is 0.0250. The van der Waals surface area contributed by atoms with Gasteiger partial charge in [0.05, 0.1) is 5.75 Å². The summed E-state index contributed by atoms with van der Waals surface area (Å²) in [5.41, 5.74) is 4.69. The van der Waals surface area contributed by atoms with E-state index in [2.05, 4.69) is 10.6 Å². The SMILES string of the molecule is O=C(Nc1ccc(SCC(=O)c2ccc(-c3ccccc3)cc2)cc1)/C(=C\c1ccc(-c2ccccc2)o1)NC(=O)c1ccccc1. The van der Waals surface area contributed by atoms with Crippen LogP contribution in [-0.2, 0) is 4.79 Å². The van der Waals surface area contributed by atoms with Gasteiger partial charge in [0.15, 0.2) is 5.78 Å². The van der Waals surface area contributed by atoms with Crippen LogP contribution in [0.1, 0.15) is 26.5 Å². The van der Waals surface area contributed by atoms with Crippen LogP contribution in [0.25, 0.3) is 28.5 Å². The number of thioether (sulfide) groups is 1. The van der Waals surface area contributed by atoms with Gasteiger partial charge in [-0.15, -0.1) is 11.8 Å². The van der Waals surface area contributed by atoms with Crippen molar-refractivity contribution in [3.05, 3.63) is 174 Å². The standard InChI is InChI=1S/C40H30N2O4S/c43-37(30-18-16-29(17-19-30)28-10-4-1-5-11-28)27-47-35-23-20-33(21-24-35)41-40(45)36(42-39(44)32-14-8-3-9-15-32)26-34-22-25-38(46-34)31-12-6-2-7-13-31/h1-26H,27H2,(H,41,45)(H,42,44)/b36-26+.